The number of hydrogen-bond acceptors (Lipinski definition) is 3. The predicted molar refractivity (Wildman–Crippen MR) is 67.2 cm³/mol. The van der Waals surface area contributed by atoms with Crippen LogP contribution in [-0.2, 0) is 9.84 Å². The van der Waals surface area contributed by atoms with Crippen LogP contribution in [0.15, 0.2) is 33.6 Å². The van der Waals surface area contributed by atoms with Crippen LogP contribution in [0.1, 0.15) is 12.8 Å². The van der Waals surface area contributed by atoms with Gasteiger partial charge in [0.15, 0.2) is 9.84 Å². The quantitative estimate of drug-likeness (QED) is 0.905. The van der Waals surface area contributed by atoms with E-state index in [4.69, 9.17) is 0 Å². The highest BCUT2D eigenvalue weighted by Crippen LogP contribution is 2.19. The Balaban J connectivity index is 1.99. The molecule has 1 N–H and O–H groups in total. The summed E-state index contributed by atoms with van der Waals surface area (Å²) >= 11 is 3.28. The smallest absolute Gasteiger partial charge is 0.179 e. The zero-order valence-electron chi connectivity index (χ0n) is 8.82. The van der Waals surface area contributed by atoms with Crippen LogP contribution >= 0.6 is 15.9 Å². The third-order valence-corrected chi connectivity index (χ3v) is 4.74. The van der Waals surface area contributed by atoms with Crippen molar-refractivity contribution < 1.29 is 8.42 Å². The van der Waals surface area contributed by atoms with E-state index in [9.17, 15) is 8.42 Å². The Bertz CT molecular complexity index is 469. The Hall–Kier alpha value is -0.390. The average Bonchev–Trinajstić information content (AvgIpc) is 3.01. The van der Waals surface area contributed by atoms with Crippen molar-refractivity contribution in [2.24, 2.45) is 0 Å². The third-order valence-electron chi connectivity index (χ3n) is 2.54. The first-order valence-electron chi connectivity index (χ1n) is 5.30. The lowest BCUT2D eigenvalue weighted by atomic mass is 10.4. The van der Waals surface area contributed by atoms with Crippen molar-refractivity contribution in [3.8, 4) is 0 Å². The minimum atomic E-state index is -3.14. The molecule has 0 bridgehead atoms. The summed E-state index contributed by atoms with van der Waals surface area (Å²) in [5.74, 6) is 0.167. The van der Waals surface area contributed by atoms with Gasteiger partial charge in [-0.3, -0.25) is 0 Å². The monoisotopic (exact) mass is 303 g/mol. The van der Waals surface area contributed by atoms with E-state index in [-0.39, 0.29) is 5.75 Å². The first kappa shape index (κ1) is 12.1. The Kier molecular flexibility index (Phi) is 3.66. The number of halogens is 1. The Morgan fingerprint density at radius 2 is 2.12 bits per heavy atom. The number of benzene rings is 1. The van der Waals surface area contributed by atoms with Crippen LogP contribution in [0.2, 0.25) is 0 Å². The van der Waals surface area contributed by atoms with E-state index >= 15 is 0 Å². The molecule has 1 fully saturated rings. The van der Waals surface area contributed by atoms with Gasteiger partial charge in [0.1, 0.15) is 0 Å². The molecule has 1 aromatic rings. The first-order valence-corrected chi connectivity index (χ1v) is 7.74. The number of rotatable bonds is 5. The lowest BCUT2D eigenvalue weighted by molar-refractivity contribution is 0.590. The molecule has 1 saturated carbocycles. The second kappa shape index (κ2) is 4.85. The van der Waals surface area contributed by atoms with Crippen molar-refractivity contribution >= 4 is 25.8 Å². The SMILES string of the molecule is O=S(=O)(CCNC1CC1)c1cccc(Br)c1. The predicted octanol–water partition coefficient (Wildman–Crippen LogP) is 1.97. The van der Waals surface area contributed by atoms with Gasteiger partial charge in [-0.1, -0.05) is 22.0 Å². The third kappa shape index (κ3) is 3.30. The summed E-state index contributed by atoms with van der Waals surface area (Å²) in [6.45, 7) is 0.541. The van der Waals surface area contributed by atoms with Crippen LogP contribution in [0.25, 0.3) is 0 Å². The molecule has 0 radical (unpaired) electrons. The van der Waals surface area contributed by atoms with Crippen LogP contribution < -0.4 is 5.32 Å². The molecule has 3 nitrogen and oxygen atoms in total. The fourth-order valence-electron chi connectivity index (χ4n) is 1.46. The summed E-state index contributed by atoms with van der Waals surface area (Å²) in [4.78, 5) is 0.388. The molecule has 0 aromatic heterocycles. The molecule has 0 spiro atoms. The highest BCUT2D eigenvalue weighted by molar-refractivity contribution is 9.10. The number of nitrogens with one attached hydrogen (secondary N) is 1. The van der Waals surface area contributed by atoms with Crippen LogP contribution in [0.5, 0.6) is 0 Å². The fraction of sp³-hybridized carbons (Fsp3) is 0.455. The second-order valence-electron chi connectivity index (χ2n) is 4.00. The molecule has 1 aliphatic rings. The van der Waals surface area contributed by atoms with Gasteiger partial charge < -0.3 is 5.32 Å². The van der Waals surface area contributed by atoms with E-state index in [1.165, 1.54) is 12.8 Å². The summed E-state index contributed by atoms with van der Waals surface area (Å²) in [6, 6.07) is 7.40. The molecule has 1 aromatic carbocycles. The molecular formula is C11H14BrNO2S. The van der Waals surface area contributed by atoms with Gasteiger partial charge >= 0.3 is 0 Å². The maximum absolute atomic E-state index is 11.9. The maximum Gasteiger partial charge on any atom is 0.179 e. The lowest BCUT2D eigenvalue weighted by Crippen LogP contribution is -2.24. The fourth-order valence-corrected chi connectivity index (χ4v) is 3.23. The second-order valence-corrected chi connectivity index (χ2v) is 7.03. The van der Waals surface area contributed by atoms with Gasteiger partial charge in [0, 0.05) is 17.1 Å². The number of sulfone groups is 1. The Morgan fingerprint density at radius 3 is 2.75 bits per heavy atom. The molecule has 1 aliphatic carbocycles. The molecule has 0 heterocycles. The molecule has 0 unspecified atom stereocenters. The highest BCUT2D eigenvalue weighted by Gasteiger charge is 2.21. The van der Waals surface area contributed by atoms with Crippen molar-refractivity contribution in [1.29, 1.82) is 0 Å². The Labute approximate surface area is 104 Å². The topological polar surface area (TPSA) is 46.2 Å². The first-order chi connectivity index (χ1) is 7.58. The molecular weight excluding hydrogens is 290 g/mol. The van der Waals surface area contributed by atoms with Crippen molar-refractivity contribution in [2.45, 2.75) is 23.8 Å². The molecule has 5 heteroatoms. The molecule has 88 valence electrons. The van der Waals surface area contributed by atoms with Crippen LogP contribution in [0, 0.1) is 0 Å². The standard InChI is InChI=1S/C11H14BrNO2S/c12-9-2-1-3-11(8-9)16(14,15)7-6-13-10-4-5-10/h1-3,8,10,13H,4-7H2. The minimum absolute atomic E-state index is 0.167. The van der Waals surface area contributed by atoms with E-state index in [1.54, 1.807) is 18.2 Å². The van der Waals surface area contributed by atoms with Gasteiger partial charge in [0.05, 0.1) is 10.6 Å². The zero-order valence-corrected chi connectivity index (χ0v) is 11.2. The summed E-state index contributed by atoms with van der Waals surface area (Å²) in [5.41, 5.74) is 0. The normalized spacial score (nSPS) is 16.3. The van der Waals surface area contributed by atoms with Crippen LogP contribution in [0.4, 0.5) is 0 Å². The molecule has 0 saturated heterocycles. The minimum Gasteiger partial charge on any atom is -0.313 e. The van der Waals surface area contributed by atoms with Crippen LogP contribution in [0.3, 0.4) is 0 Å². The summed E-state index contributed by atoms with van der Waals surface area (Å²) in [7, 11) is -3.14. The largest absolute Gasteiger partial charge is 0.313 e. The van der Waals surface area contributed by atoms with E-state index in [0.717, 1.165) is 4.47 Å². The average molecular weight is 304 g/mol. The van der Waals surface area contributed by atoms with E-state index in [1.807, 2.05) is 6.07 Å². The highest BCUT2D eigenvalue weighted by atomic mass is 79.9. The summed E-state index contributed by atoms with van der Waals surface area (Å²) < 4.78 is 24.6. The van der Waals surface area contributed by atoms with Crippen molar-refractivity contribution in [3.05, 3.63) is 28.7 Å². The molecule has 0 aliphatic heterocycles. The summed E-state index contributed by atoms with van der Waals surface area (Å²) in [5, 5.41) is 3.21. The van der Waals surface area contributed by atoms with E-state index < -0.39 is 9.84 Å². The van der Waals surface area contributed by atoms with Crippen LogP contribution in [-0.4, -0.2) is 26.8 Å². The zero-order chi connectivity index (χ0) is 11.6. The molecule has 16 heavy (non-hydrogen) atoms. The summed E-state index contributed by atoms with van der Waals surface area (Å²) in [6.07, 6.45) is 2.36. The van der Waals surface area contributed by atoms with E-state index in [2.05, 4.69) is 21.2 Å². The van der Waals surface area contributed by atoms with Crippen molar-refractivity contribution in [1.82, 2.24) is 5.32 Å². The van der Waals surface area contributed by atoms with Gasteiger partial charge in [0.25, 0.3) is 0 Å². The Morgan fingerprint density at radius 1 is 1.38 bits per heavy atom. The molecule has 0 amide bonds. The van der Waals surface area contributed by atoms with Gasteiger partial charge in [0.2, 0.25) is 0 Å². The van der Waals surface area contributed by atoms with Gasteiger partial charge in [-0.25, -0.2) is 8.42 Å². The molecule has 0 atom stereocenters. The number of hydrogen-bond donors (Lipinski definition) is 1. The van der Waals surface area contributed by atoms with Crippen molar-refractivity contribution in [3.63, 3.8) is 0 Å². The molecule has 2 rings (SSSR count). The van der Waals surface area contributed by atoms with Gasteiger partial charge in [-0.15, -0.1) is 0 Å². The van der Waals surface area contributed by atoms with Crippen molar-refractivity contribution in [2.75, 3.05) is 12.3 Å². The van der Waals surface area contributed by atoms with Gasteiger partial charge in [-0.05, 0) is 31.0 Å². The maximum atomic E-state index is 11.9. The van der Waals surface area contributed by atoms with E-state index in [0.29, 0.717) is 17.5 Å². The van der Waals surface area contributed by atoms with Gasteiger partial charge in [-0.2, -0.15) is 0 Å². The lowest BCUT2D eigenvalue weighted by Gasteiger charge is -2.05.